The highest BCUT2D eigenvalue weighted by molar-refractivity contribution is 7.89. The van der Waals surface area contributed by atoms with Gasteiger partial charge in [0, 0.05) is 12.6 Å². The Morgan fingerprint density at radius 1 is 1.45 bits per heavy atom. The number of carboxylic acids is 1. The van der Waals surface area contributed by atoms with Crippen LogP contribution in [0.25, 0.3) is 0 Å². The van der Waals surface area contributed by atoms with E-state index < -0.39 is 22.0 Å². The minimum atomic E-state index is -3.85. The largest absolute Gasteiger partial charge is 0.481 e. The third-order valence-corrected chi connectivity index (χ3v) is 5.16. The lowest BCUT2D eigenvalue weighted by atomic mass is 10.1. The van der Waals surface area contributed by atoms with Gasteiger partial charge in [0.15, 0.2) is 0 Å². The van der Waals surface area contributed by atoms with Crippen LogP contribution in [0.4, 0.5) is 0 Å². The second-order valence-corrected chi connectivity index (χ2v) is 6.39. The Hall–Kier alpha value is -1.67. The van der Waals surface area contributed by atoms with Crippen molar-refractivity contribution in [1.82, 2.24) is 9.29 Å². The number of carboxylic acid groups (broad SMARTS) is 1. The maximum absolute atomic E-state index is 12.5. The maximum atomic E-state index is 12.5. The minimum absolute atomic E-state index is 0.0218. The highest BCUT2D eigenvalue weighted by Crippen LogP contribution is 2.25. The van der Waals surface area contributed by atoms with Crippen molar-refractivity contribution >= 4 is 16.0 Å². The summed E-state index contributed by atoms with van der Waals surface area (Å²) >= 11 is 0. The SMILES string of the molecule is COc1ccc(S(=O)(=O)N2CCCCC2C(=O)O)cn1. The Labute approximate surface area is 117 Å². The van der Waals surface area contributed by atoms with Crippen LogP contribution in [-0.2, 0) is 14.8 Å². The van der Waals surface area contributed by atoms with Crippen molar-refractivity contribution in [2.24, 2.45) is 0 Å². The van der Waals surface area contributed by atoms with Crippen LogP contribution in [0.2, 0.25) is 0 Å². The Bertz CT molecular complexity index is 584. The normalized spacial score (nSPS) is 20.6. The highest BCUT2D eigenvalue weighted by atomic mass is 32.2. The van der Waals surface area contributed by atoms with E-state index in [1.165, 1.54) is 25.4 Å². The molecule has 2 rings (SSSR count). The summed E-state index contributed by atoms with van der Waals surface area (Å²) in [4.78, 5) is 15.0. The van der Waals surface area contributed by atoms with Crippen molar-refractivity contribution < 1.29 is 23.1 Å². The van der Waals surface area contributed by atoms with E-state index >= 15 is 0 Å². The van der Waals surface area contributed by atoms with E-state index in [-0.39, 0.29) is 11.4 Å². The van der Waals surface area contributed by atoms with Crippen molar-refractivity contribution in [3.63, 3.8) is 0 Å². The summed E-state index contributed by atoms with van der Waals surface area (Å²) in [5.41, 5.74) is 0. The lowest BCUT2D eigenvalue weighted by molar-refractivity contribution is -0.142. The second kappa shape index (κ2) is 5.76. The molecule has 0 amide bonds. The molecule has 1 atom stereocenters. The minimum Gasteiger partial charge on any atom is -0.481 e. The Kier molecular flexibility index (Phi) is 4.24. The number of carbonyl (C=O) groups is 1. The van der Waals surface area contributed by atoms with Crippen LogP contribution in [0.1, 0.15) is 19.3 Å². The fraction of sp³-hybridized carbons (Fsp3) is 0.500. The van der Waals surface area contributed by atoms with Gasteiger partial charge in [-0.15, -0.1) is 0 Å². The third kappa shape index (κ3) is 2.75. The summed E-state index contributed by atoms with van der Waals surface area (Å²) in [7, 11) is -2.41. The van der Waals surface area contributed by atoms with E-state index in [1.807, 2.05) is 0 Å². The Morgan fingerprint density at radius 3 is 2.75 bits per heavy atom. The molecule has 1 aromatic heterocycles. The first kappa shape index (κ1) is 14.7. The van der Waals surface area contributed by atoms with Crippen LogP contribution in [0.3, 0.4) is 0 Å². The predicted molar refractivity (Wildman–Crippen MR) is 70.0 cm³/mol. The van der Waals surface area contributed by atoms with Gasteiger partial charge in [-0.3, -0.25) is 4.79 Å². The molecule has 1 aliphatic heterocycles. The fourth-order valence-corrected chi connectivity index (χ4v) is 3.81. The summed E-state index contributed by atoms with van der Waals surface area (Å²) < 4.78 is 30.9. The third-order valence-electron chi connectivity index (χ3n) is 3.26. The highest BCUT2D eigenvalue weighted by Gasteiger charge is 2.37. The van der Waals surface area contributed by atoms with Gasteiger partial charge in [-0.05, 0) is 25.3 Å². The number of sulfonamides is 1. The molecule has 1 aromatic rings. The number of hydrogen-bond donors (Lipinski definition) is 1. The van der Waals surface area contributed by atoms with Gasteiger partial charge in [-0.25, -0.2) is 13.4 Å². The molecule has 0 spiro atoms. The molecule has 0 aromatic carbocycles. The smallest absolute Gasteiger partial charge is 0.322 e. The second-order valence-electron chi connectivity index (χ2n) is 4.50. The molecule has 1 unspecified atom stereocenters. The molecule has 1 N–H and O–H groups in total. The molecule has 1 saturated heterocycles. The van der Waals surface area contributed by atoms with Crippen molar-refractivity contribution in [3.05, 3.63) is 18.3 Å². The Morgan fingerprint density at radius 2 is 2.20 bits per heavy atom. The lowest BCUT2D eigenvalue weighted by Crippen LogP contribution is -2.47. The average molecular weight is 300 g/mol. The van der Waals surface area contributed by atoms with E-state index in [4.69, 9.17) is 9.84 Å². The number of aromatic nitrogens is 1. The summed E-state index contributed by atoms with van der Waals surface area (Å²) in [5, 5.41) is 9.16. The van der Waals surface area contributed by atoms with Crippen LogP contribution < -0.4 is 4.74 Å². The van der Waals surface area contributed by atoms with Crippen molar-refractivity contribution in [2.45, 2.75) is 30.2 Å². The van der Waals surface area contributed by atoms with E-state index in [9.17, 15) is 13.2 Å². The first-order valence-corrected chi connectivity index (χ1v) is 7.65. The summed E-state index contributed by atoms with van der Waals surface area (Å²) in [5.74, 6) is -0.813. The molecule has 0 radical (unpaired) electrons. The summed E-state index contributed by atoms with van der Waals surface area (Å²) in [6, 6.07) is 1.80. The predicted octanol–water partition coefficient (Wildman–Crippen LogP) is 0.718. The van der Waals surface area contributed by atoms with Crippen LogP contribution >= 0.6 is 0 Å². The van der Waals surface area contributed by atoms with Crippen LogP contribution in [0.5, 0.6) is 5.88 Å². The molecule has 0 saturated carbocycles. The molecule has 8 heteroatoms. The molecule has 20 heavy (non-hydrogen) atoms. The molecule has 1 fully saturated rings. The monoisotopic (exact) mass is 300 g/mol. The number of piperidine rings is 1. The van der Waals surface area contributed by atoms with E-state index in [0.717, 1.165) is 4.31 Å². The summed E-state index contributed by atoms with van der Waals surface area (Å²) in [6.45, 7) is 0.214. The number of aliphatic carboxylic acids is 1. The standard InChI is InChI=1S/C12H16N2O5S/c1-19-11-6-5-9(8-13-11)20(17,18)14-7-3-2-4-10(14)12(15)16/h5-6,8,10H,2-4,7H2,1H3,(H,15,16). The zero-order chi connectivity index (χ0) is 14.8. The number of ether oxygens (including phenoxy) is 1. The molecule has 1 aliphatic rings. The van der Waals surface area contributed by atoms with Gasteiger partial charge in [0.2, 0.25) is 15.9 Å². The van der Waals surface area contributed by atoms with Gasteiger partial charge >= 0.3 is 5.97 Å². The molecular formula is C12H16N2O5S. The van der Waals surface area contributed by atoms with Crippen LogP contribution in [-0.4, -0.2) is 48.5 Å². The zero-order valence-corrected chi connectivity index (χ0v) is 11.8. The van der Waals surface area contributed by atoms with Crippen LogP contribution in [0.15, 0.2) is 23.2 Å². The van der Waals surface area contributed by atoms with Crippen molar-refractivity contribution in [1.29, 1.82) is 0 Å². The van der Waals surface area contributed by atoms with Gasteiger partial charge in [0.05, 0.1) is 13.3 Å². The van der Waals surface area contributed by atoms with Gasteiger partial charge in [0.1, 0.15) is 10.9 Å². The molecular weight excluding hydrogens is 284 g/mol. The number of methoxy groups -OCH3 is 1. The van der Waals surface area contributed by atoms with E-state index in [2.05, 4.69) is 4.98 Å². The fourth-order valence-electron chi connectivity index (χ4n) is 2.21. The molecule has 7 nitrogen and oxygen atoms in total. The van der Waals surface area contributed by atoms with Gasteiger partial charge in [0.25, 0.3) is 0 Å². The first-order valence-electron chi connectivity index (χ1n) is 6.21. The van der Waals surface area contributed by atoms with Crippen molar-refractivity contribution in [2.75, 3.05) is 13.7 Å². The van der Waals surface area contributed by atoms with Gasteiger partial charge in [-0.1, -0.05) is 0 Å². The van der Waals surface area contributed by atoms with Gasteiger partial charge < -0.3 is 9.84 Å². The number of nitrogens with zero attached hydrogens (tertiary/aromatic N) is 2. The van der Waals surface area contributed by atoms with Crippen molar-refractivity contribution in [3.8, 4) is 5.88 Å². The quantitative estimate of drug-likeness (QED) is 0.880. The molecule has 0 bridgehead atoms. The van der Waals surface area contributed by atoms with Gasteiger partial charge in [-0.2, -0.15) is 4.31 Å². The maximum Gasteiger partial charge on any atom is 0.322 e. The molecule has 2 heterocycles. The molecule has 110 valence electrons. The molecule has 0 aliphatic carbocycles. The first-order chi connectivity index (χ1) is 9.46. The van der Waals surface area contributed by atoms with E-state index in [0.29, 0.717) is 25.1 Å². The van der Waals surface area contributed by atoms with E-state index in [1.54, 1.807) is 0 Å². The summed E-state index contributed by atoms with van der Waals surface area (Å²) in [6.07, 6.45) is 2.89. The topological polar surface area (TPSA) is 96.8 Å². The Balaban J connectivity index is 2.34. The zero-order valence-electron chi connectivity index (χ0n) is 11.0. The van der Waals surface area contributed by atoms with Crippen LogP contribution in [0, 0.1) is 0 Å². The average Bonchev–Trinajstić information content (AvgIpc) is 2.47. The number of hydrogen-bond acceptors (Lipinski definition) is 5. The lowest BCUT2D eigenvalue weighted by Gasteiger charge is -2.31. The number of pyridine rings is 1. The number of rotatable bonds is 4.